The van der Waals surface area contributed by atoms with Crippen molar-refractivity contribution >= 4 is 11.8 Å². The Morgan fingerprint density at radius 2 is 2.33 bits per heavy atom. The van der Waals surface area contributed by atoms with Gasteiger partial charge in [0.2, 0.25) is 0 Å². The van der Waals surface area contributed by atoms with Crippen molar-refractivity contribution in [1.82, 2.24) is 10.1 Å². The number of carbonyl (C=O) groups excluding carboxylic acids is 1. The smallest absolute Gasteiger partial charge is 0.323 e. The van der Waals surface area contributed by atoms with Crippen LogP contribution in [0.1, 0.15) is 5.56 Å². The molecule has 2 aromatic rings. The molecule has 110 valence electrons. The molecule has 7 heteroatoms. The molecule has 1 aliphatic heterocycles. The van der Waals surface area contributed by atoms with Gasteiger partial charge in [0.1, 0.15) is 24.4 Å². The Balaban J connectivity index is 1.74. The SMILES string of the molecule is COc1ccc2c(c1)OCCN(C(=O)Nc1ccon1)C2. The number of carbonyl (C=O) groups is 1. The van der Waals surface area contributed by atoms with Crippen molar-refractivity contribution in [2.75, 3.05) is 25.6 Å². The molecule has 2 amide bonds. The Kier molecular flexibility index (Phi) is 3.63. The lowest BCUT2D eigenvalue weighted by atomic mass is 10.2. The van der Waals surface area contributed by atoms with Crippen LogP contribution in [0.15, 0.2) is 35.1 Å². The minimum absolute atomic E-state index is 0.240. The van der Waals surface area contributed by atoms with E-state index in [-0.39, 0.29) is 6.03 Å². The van der Waals surface area contributed by atoms with Gasteiger partial charge in [0.15, 0.2) is 5.82 Å². The van der Waals surface area contributed by atoms with E-state index in [4.69, 9.17) is 9.47 Å². The molecule has 0 saturated carbocycles. The quantitative estimate of drug-likeness (QED) is 0.916. The first-order valence-electron chi connectivity index (χ1n) is 6.52. The molecule has 0 fully saturated rings. The first-order chi connectivity index (χ1) is 10.3. The van der Waals surface area contributed by atoms with Crippen molar-refractivity contribution in [2.45, 2.75) is 6.54 Å². The van der Waals surface area contributed by atoms with Gasteiger partial charge in [-0.2, -0.15) is 0 Å². The number of amides is 2. The van der Waals surface area contributed by atoms with Crippen LogP contribution in [0.25, 0.3) is 0 Å². The van der Waals surface area contributed by atoms with Crippen LogP contribution in [-0.4, -0.2) is 36.3 Å². The number of hydrogen-bond acceptors (Lipinski definition) is 5. The Morgan fingerprint density at radius 1 is 1.43 bits per heavy atom. The maximum Gasteiger partial charge on any atom is 0.323 e. The van der Waals surface area contributed by atoms with Gasteiger partial charge < -0.3 is 18.9 Å². The minimum atomic E-state index is -0.240. The number of rotatable bonds is 2. The molecule has 1 N–H and O–H groups in total. The third kappa shape index (κ3) is 2.91. The summed E-state index contributed by atoms with van der Waals surface area (Å²) < 4.78 is 15.5. The van der Waals surface area contributed by atoms with E-state index in [1.807, 2.05) is 18.2 Å². The molecule has 0 saturated heterocycles. The number of aromatic nitrogens is 1. The molecule has 1 aromatic carbocycles. The van der Waals surface area contributed by atoms with E-state index in [9.17, 15) is 4.79 Å². The number of nitrogens with zero attached hydrogens (tertiary/aromatic N) is 2. The molecule has 1 aromatic heterocycles. The van der Waals surface area contributed by atoms with E-state index in [0.717, 1.165) is 17.1 Å². The lowest BCUT2D eigenvalue weighted by Gasteiger charge is -2.19. The molecular formula is C14H15N3O4. The Hall–Kier alpha value is -2.70. The van der Waals surface area contributed by atoms with Gasteiger partial charge >= 0.3 is 6.03 Å². The molecule has 0 radical (unpaired) electrons. The first kappa shape index (κ1) is 13.3. The highest BCUT2D eigenvalue weighted by molar-refractivity contribution is 5.88. The summed E-state index contributed by atoms with van der Waals surface area (Å²) in [5, 5.41) is 6.33. The second-order valence-corrected chi connectivity index (χ2v) is 4.56. The summed E-state index contributed by atoms with van der Waals surface area (Å²) in [6, 6.07) is 6.92. The van der Waals surface area contributed by atoms with E-state index in [2.05, 4.69) is 15.0 Å². The molecule has 0 unspecified atom stereocenters. The Morgan fingerprint density at radius 3 is 3.10 bits per heavy atom. The monoisotopic (exact) mass is 289 g/mol. The van der Waals surface area contributed by atoms with Crippen LogP contribution in [0.4, 0.5) is 10.6 Å². The summed E-state index contributed by atoms with van der Waals surface area (Å²) in [6.07, 6.45) is 1.41. The fraction of sp³-hybridized carbons (Fsp3) is 0.286. The molecule has 7 nitrogen and oxygen atoms in total. The third-order valence-corrected chi connectivity index (χ3v) is 3.21. The maximum atomic E-state index is 12.2. The average molecular weight is 289 g/mol. The number of hydrogen-bond donors (Lipinski definition) is 1. The fourth-order valence-corrected chi connectivity index (χ4v) is 2.12. The van der Waals surface area contributed by atoms with Crippen LogP contribution in [0.2, 0.25) is 0 Å². The summed E-state index contributed by atoms with van der Waals surface area (Å²) in [5.74, 6) is 1.86. The van der Waals surface area contributed by atoms with Crippen molar-refractivity contribution in [3.05, 3.63) is 36.1 Å². The normalized spacial score (nSPS) is 13.9. The summed E-state index contributed by atoms with van der Waals surface area (Å²) >= 11 is 0. The zero-order valence-electron chi connectivity index (χ0n) is 11.5. The number of ether oxygens (including phenoxy) is 2. The fourth-order valence-electron chi connectivity index (χ4n) is 2.12. The summed E-state index contributed by atoms with van der Waals surface area (Å²) in [4.78, 5) is 13.9. The van der Waals surface area contributed by atoms with E-state index >= 15 is 0 Å². The standard InChI is InChI=1S/C14H15N3O4/c1-19-11-3-2-10-9-17(5-7-20-12(10)8-11)14(18)15-13-4-6-21-16-13/h2-4,6,8H,5,7,9H2,1H3,(H,15,16,18). The van der Waals surface area contributed by atoms with Gasteiger partial charge in [-0.25, -0.2) is 4.79 Å². The molecule has 2 heterocycles. The second kappa shape index (κ2) is 5.74. The van der Waals surface area contributed by atoms with Gasteiger partial charge in [-0.3, -0.25) is 5.32 Å². The van der Waals surface area contributed by atoms with Crippen molar-refractivity contribution < 1.29 is 18.8 Å². The molecule has 1 aliphatic rings. The van der Waals surface area contributed by atoms with Crippen LogP contribution in [0.5, 0.6) is 11.5 Å². The molecule has 0 aliphatic carbocycles. The van der Waals surface area contributed by atoms with Gasteiger partial charge in [-0.15, -0.1) is 0 Å². The van der Waals surface area contributed by atoms with Crippen molar-refractivity contribution in [3.63, 3.8) is 0 Å². The predicted octanol–water partition coefficient (Wildman–Crippen LogP) is 2.11. The second-order valence-electron chi connectivity index (χ2n) is 4.56. The lowest BCUT2D eigenvalue weighted by molar-refractivity contribution is 0.200. The van der Waals surface area contributed by atoms with E-state index in [1.165, 1.54) is 6.26 Å². The van der Waals surface area contributed by atoms with Crippen molar-refractivity contribution in [1.29, 1.82) is 0 Å². The van der Waals surface area contributed by atoms with Crippen LogP contribution < -0.4 is 14.8 Å². The summed E-state index contributed by atoms with van der Waals surface area (Å²) in [6.45, 7) is 1.37. The van der Waals surface area contributed by atoms with Crippen LogP contribution in [-0.2, 0) is 6.54 Å². The average Bonchev–Trinajstić information content (AvgIpc) is 2.90. The van der Waals surface area contributed by atoms with Gasteiger partial charge in [0, 0.05) is 17.7 Å². The van der Waals surface area contributed by atoms with Gasteiger partial charge in [-0.1, -0.05) is 5.16 Å². The largest absolute Gasteiger partial charge is 0.497 e. The summed E-state index contributed by atoms with van der Waals surface area (Å²) in [5.41, 5.74) is 0.934. The number of nitrogens with one attached hydrogen (secondary N) is 1. The molecule has 0 spiro atoms. The first-order valence-corrected chi connectivity index (χ1v) is 6.52. The predicted molar refractivity (Wildman–Crippen MR) is 74.4 cm³/mol. The highest BCUT2D eigenvalue weighted by atomic mass is 16.5. The highest BCUT2D eigenvalue weighted by Gasteiger charge is 2.20. The zero-order valence-corrected chi connectivity index (χ0v) is 11.5. The van der Waals surface area contributed by atoms with Gasteiger partial charge in [0.05, 0.1) is 20.2 Å². The lowest BCUT2D eigenvalue weighted by Crippen LogP contribution is -2.36. The summed E-state index contributed by atoms with van der Waals surface area (Å²) in [7, 11) is 1.61. The molecule has 3 rings (SSSR count). The topological polar surface area (TPSA) is 76.8 Å². The maximum absolute atomic E-state index is 12.2. The molecule has 0 bridgehead atoms. The Labute approximate surface area is 121 Å². The number of fused-ring (bicyclic) bond motifs is 1. The molecule has 21 heavy (non-hydrogen) atoms. The number of anilines is 1. The number of benzene rings is 1. The third-order valence-electron chi connectivity index (χ3n) is 3.21. The Bertz CT molecular complexity index is 627. The molecular weight excluding hydrogens is 274 g/mol. The van der Waals surface area contributed by atoms with E-state index in [1.54, 1.807) is 18.1 Å². The zero-order chi connectivity index (χ0) is 14.7. The number of methoxy groups -OCH3 is 1. The van der Waals surface area contributed by atoms with Gasteiger partial charge in [0.25, 0.3) is 0 Å². The minimum Gasteiger partial charge on any atom is -0.497 e. The van der Waals surface area contributed by atoms with Crippen molar-refractivity contribution in [2.24, 2.45) is 0 Å². The van der Waals surface area contributed by atoms with E-state index in [0.29, 0.717) is 25.5 Å². The van der Waals surface area contributed by atoms with Crippen LogP contribution in [0.3, 0.4) is 0 Å². The van der Waals surface area contributed by atoms with Crippen LogP contribution in [0, 0.1) is 0 Å². The van der Waals surface area contributed by atoms with Crippen LogP contribution >= 0.6 is 0 Å². The van der Waals surface area contributed by atoms with E-state index < -0.39 is 0 Å². The number of urea groups is 1. The molecule has 0 atom stereocenters. The van der Waals surface area contributed by atoms with Gasteiger partial charge in [-0.05, 0) is 12.1 Å². The highest BCUT2D eigenvalue weighted by Crippen LogP contribution is 2.28. The van der Waals surface area contributed by atoms with Crippen molar-refractivity contribution in [3.8, 4) is 11.5 Å².